The maximum atomic E-state index is 13.8. The summed E-state index contributed by atoms with van der Waals surface area (Å²) in [6, 6.07) is 50.7. The number of nitrogens with zero attached hydrogens (tertiary/aromatic N) is 13. The first kappa shape index (κ1) is 59.3. The number of aromatic nitrogens is 12. The summed E-state index contributed by atoms with van der Waals surface area (Å²) in [4.78, 5) is 79.8. The molecule has 24 nitrogen and oxygen atoms in total. The molecule has 9 heterocycles. The second-order valence-electron chi connectivity index (χ2n) is 23.6. The Bertz CT molecular complexity index is 4900. The molecule has 0 saturated carbocycles. The lowest BCUT2D eigenvalue weighted by Gasteiger charge is -2.39. The van der Waals surface area contributed by atoms with Crippen LogP contribution in [0, 0.1) is 0 Å². The lowest BCUT2D eigenvalue weighted by atomic mass is 9.94. The van der Waals surface area contributed by atoms with Crippen molar-refractivity contribution >= 4 is 72.9 Å². The highest BCUT2D eigenvalue weighted by Crippen LogP contribution is 2.37. The fourth-order valence-electron chi connectivity index (χ4n) is 13.0. The van der Waals surface area contributed by atoms with Crippen molar-refractivity contribution in [2.45, 2.75) is 19.0 Å². The van der Waals surface area contributed by atoms with Crippen molar-refractivity contribution in [2.75, 3.05) is 106 Å². The van der Waals surface area contributed by atoms with Gasteiger partial charge in [-0.3, -0.25) is 24.2 Å². The molecule has 8 N–H and O–H groups in total. The lowest BCUT2D eigenvalue weighted by molar-refractivity contribution is 0.113. The molecule has 0 radical (unpaired) electrons. The molecule has 0 spiro atoms. The van der Waals surface area contributed by atoms with E-state index in [2.05, 4.69) is 149 Å². The third-order valence-electron chi connectivity index (χ3n) is 17.8. The van der Waals surface area contributed by atoms with Crippen LogP contribution < -0.4 is 48.2 Å². The van der Waals surface area contributed by atoms with Crippen LogP contribution >= 0.6 is 0 Å². The molecule has 3 aliphatic rings. The Morgan fingerprint density at radius 2 is 0.798 bits per heavy atom. The first-order valence-electron chi connectivity index (χ1n) is 31.7. The van der Waals surface area contributed by atoms with E-state index >= 15 is 0 Å². The normalized spacial score (nSPS) is 15.7. The van der Waals surface area contributed by atoms with Gasteiger partial charge in [-0.2, -0.15) is 15.3 Å². The van der Waals surface area contributed by atoms with E-state index in [1.54, 1.807) is 12.4 Å². The number of piperazine rings is 3. The molecule has 470 valence electrons. The number of aromatic amines is 3. The Hall–Kier alpha value is -11.0. The van der Waals surface area contributed by atoms with Gasteiger partial charge in [-0.25, -0.2) is 45.2 Å². The minimum Gasteiger partial charge on any atom is -0.369 e. The monoisotopic (exact) mass is 1250 g/mol. The minimum atomic E-state index is -0.422. The van der Waals surface area contributed by atoms with Gasteiger partial charge in [-0.05, 0) is 89.5 Å². The van der Waals surface area contributed by atoms with E-state index in [4.69, 9.17) is 24.9 Å². The zero-order valence-corrected chi connectivity index (χ0v) is 51.6. The summed E-state index contributed by atoms with van der Waals surface area (Å²) in [7, 11) is 0. The summed E-state index contributed by atoms with van der Waals surface area (Å²) >= 11 is 0. The number of fused-ring (bicyclic) bond motifs is 3. The van der Waals surface area contributed by atoms with Crippen molar-refractivity contribution in [1.29, 1.82) is 0 Å². The molecule has 2 atom stereocenters. The second-order valence-corrected chi connectivity index (χ2v) is 23.6. The van der Waals surface area contributed by atoms with Gasteiger partial charge >= 0.3 is 0 Å². The molecular formula is C70H67N21O3. The van der Waals surface area contributed by atoms with E-state index in [-0.39, 0.29) is 23.0 Å². The number of benzene rings is 6. The summed E-state index contributed by atoms with van der Waals surface area (Å²) in [5.74, 6) is 2.43. The molecule has 24 heteroatoms. The van der Waals surface area contributed by atoms with Crippen LogP contribution in [0.1, 0.15) is 41.3 Å². The van der Waals surface area contributed by atoms with Crippen LogP contribution in [-0.2, 0) is 0 Å². The SMILES string of the molecule is CCN1CCN(C(c2ccc(Nc3nc(-c4ccccc4)nc4cn[nH]c(=O)c34)cc2)c2cccc(-c3nc(Nc4ccc(C(c5cccc(-c6nc(Nc7ccc(N8CCNCC8)cc7)c7c(=O)[nH]ncc7n6)c5)N5CCNCC5)cc4)c4c(=O)[nH]ncc4n3)c2)CC1. The van der Waals surface area contributed by atoms with E-state index in [0.717, 1.165) is 147 Å². The Morgan fingerprint density at radius 3 is 1.23 bits per heavy atom. The highest BCUT2D eigenvalue weighted by molar-refractivity contribution is 5.93. The van der Waals surface area contributed by atoms with Crippen LogP contribution in [0.2, 0.25) is 0 Å². The molecule has 0 amide bonds. The Labute approximate surface area is 539 Å². The minimum absolute atomic E-state index is 0.149. The number of H-pyrrole nitrogens is 3. The number of likely N-dealkylation sites (N-methyl/N-ethyl adjacent to an activating group) is 1. The predicted octanol–water partition coefficient (Wildman–Crippen LogP) is 8.13. The van der Waals surface area contributed by atoms with Crippen molar-refractivity contribution < 1.29 is 0 Å². The van der Waals surface area contributed by atoms with Crippen LogP contribution in [0.25, 0.3) is 66.9 Å². The van der Waals surface area contributed by atoms with Crippen molar-refractivity contribution in [1.82, 2.24) is 85.8 Å². The van der Waals surface area contributed by atoms with Crippen LogP contribution in [0.15, 0.2) is 185 Å². The van der Waals surface area contributed by atoms with Gasteiger partial charge in [0.1, 0.15) is 50.2 Å². The molecule has 3 aliphatic heterocycles. The average molecular weight is 1250 g/mol. The molecule has 15 rings (SSSR count). The van der Waals surface area contributed by atoms with Crippen molar-refractivity contribution in [3.8, 4) is 34.2 Å². The number of anilines is 7. The van der Waals surface area contributed by atoms with E-state index in [1.807, 2.05) is 91.0 Å². The number of nitrogens with one attached hydrogen (secondary N) is 8. The average Bonchev–Trinajstić information content (AvgIpc) is 0.808. The summed E-state index contributed by atoms with van der Waals surface area (Å²) in [5, 5.41) is 38.3. The van der Waals surface area contributed by atoms with Crippen LogP contribution in [0.3, 0.4) is 0 Å². The zero-order chi connectivity index (χ0) is 63.5. The molecule has 0 bridgehead atoms. The van der Waals surface area contributed by atoms with Gasteiger partial charge < -0.3 is 36.4 Å². The summed E-state index contributed by atoms with van der Waals surface area (Å²) in [6.07, 6.45) is 4.65. The maximum Gasteiger partial charge on any atom is 0.277 e. The summed E-state index contributed by atoms with van der Waals surface area (Å²) < 4.78 is 0. The first-order valence-corrected chi connectivity index (χ1v) is 31.7. The van der Waals surface area contributed by atoms with Gasteiger partial charge in [0.05, 0.1) is 30.7 Å². The summed E-state index contributed by atoms with van der Waals surface area (Å²) in [5.41, 5.74) is 9.99. The quantitative estimate of drug-likeness (QED) is 0.0427. The molecule has 0 aliphatic carbocycles. The largest absolute Gasteiger partial charge is 0.369 e. The van der Waals surface area contributed by atoms with Gasteiger partial charge in [-0.1, -0.05) is 97.9 Å². The molecule has 2 unspecified atom stereocenters. The standard InChI is InChI=1S/C70H67N21O3/c1-2-88-34-36-91(37-35-88)61(44-16-20-50(21-17-44)76-65-57-54(40-73-85-68(57)92)79-62(82-65)45-8-4-3-5-9-45)47-11-7-13-49(39-47)64-80-55-41-74-86-69(93)58(55)66(83-64)77-51-18-14-43(15-19-51)60(90-32-28-72-29-33-90)46-10-6-12-48(38-46)63-81-56-42-75-87-70(94)59(56)67(84-63)78-52-22-24-53(25-23-52)89-30-26-71-27-31-89/h3-25,38-42,60-61,71-72H,2,26-37H2,1H3,(H,85,92)(H,86,93)(H,87,94)(H,76,79,82)(H,77,80,83)(H,78,81,84). The molecule has 6 aromatic heterocycles. The van der Waals surface area contributed by atoms with Crippen LogP contribution in [0.4, 0.5) is 40.2 Å². The number of hydrogen-bond donors (Lipinski definition) is 8. The van der Waals surface area contributed by atoms with Gasteiger partial charge in [0, 0.05) is 118 Å². The molecular weight excluding hydrogens is 1180 g/mol. The third-order valence-corrected chi connectivity index (χ3v) is 17.8. The van der Waals surface area contributed by atoms with E-state index in [1.165, 1.54) is 6.20 Å². The fraction of sp³-hybridized carbons (Fsp3) is 0.229. The van der Waals surface area contributed by atoms with Crippen molar-refractivity contribution in [3.63, 3.8) is 0 Å². The van der Waals surface area contributed by atoms with Crippen LogP contribution in [0.5, 0.6) is 0 Å². The molecule has 6 aromatic carbocycles. The Balaban J connectivity index is 0.722. The smallest absolute Gasteiger partial charge is 0.277 e. The zero-order valence-electron chi connectivity index (χ0n) is 51.6. The molecule has 12 aromatic rings. The van der Waals surface area contributed by atoms with E-state index in [0.29, 0.717) is 62.2 Å². The highest BCUT2D eigenvalue weighted by atomic mass is 16.1. The van der Waals surface area contributed by atoms with E-state index in [9.17, 15) is 14.4 Å². The Morgan fingerprint density at radius 1 is 0.404 bits per heavy atom. The Kier molecular flexibility index (Phi) is 16.6. The van der Waals surface area contributed by atoms with Gasteiger partial charge in [0.15, 0.2) is 17.5 Å². The lowest BCUT2D eigenvalue weighted by Crippen LogP contribution is -2.47. The van der Waals surface area contributed by atoms with Gasteiger partial charge in [-0.15, -0.1) is 0 Å². The third kappa shape index (κ3) is 12.3. The predicted molar refractivity (Wildman–Crippen MR) is 366 cm³/mol. The maximum absolute atomic E-state index is 13.8. The molecule has 3 saturated heterocycles. The number of rotatable bonds is 17. The van der Waals surface area contributed by atoms with Gasteiger partial charge in [0.2, 0.25) is 0 Å². The number of hydrogen-bond acceptors (Lipinski definition) is 21. The van der Waals surface area contributed by atoms with Crippen molar-refractivity contribution in [3.05, 3.63) is 224 Å². The fourth-order valence-corrected chi connectivity index (χ4v) is 13.0. The van der Waals surface area contributed by atoms with E-state index < -0.39 is 11.1 Å². The highest BCUT2D eigenvalue weighted by Gasteiger charge is 2.29. The molecule has 94 heavy (non-hydrogen) atoms. The van der Waals surface area contributed by atoms with Crippen molar-refractivity contribution in [2.24, 2.45) is 0 Å². The first-order chi connectivity index (χ1) is 46.2. The topological polar surface area (TPSA) is 288 Å². The van der Waals surface area contributed by atoms with Crippen LogP contribution in [-0.4, -0.2) is 160 Å². The van der Waals surface area contributed by atoms with Gasteiger partial charge in [0.25, 0.3) is 16.7 Å². The summed E-state index contributed by atoms with van der Waals surface area (Å²) in [6.45, 7) is 13.7. The molecule has 3 fully saturated rings. The second kappa shape index (κ2) is 26.3.